The van der Waals surface area contributed by atoms with E-state index < -0.39 is 10.8 Å². The minimum Gasteiger partial charge on any atom is -0.317 e. The molecule has 1 amide bonds. The summed E-state index contributed by atoms with van der Waals surface area (Å²) in [4.78, 5) is 22.7. The zero-order chi connectivity index (χ0) is 15.0. The highest BCUT2D eigenvalue weighted by molar-refractivity contribution is 6.06. The van der Waals surface area contributed by atoms with Crippen LogP contribution in [-0.4, -0.2) is 30.4 Å². The fourth-order valence-electron chi connectivity index (χ4n) is 2.02. The van der Waals surface area contributed by atoms with Crippen molar-refractivity contribution in [2.75, 3.05) is 5.32 Å². The SMILES string of the molecule is Cc1nn(C)cc1NC(=O)c1c([N+](=O)[O-])c(C)nn1C. The predicted octanol–water partition coefficient (Wildman–Crippen LogP) is 0.931. The summed E-state index contributed by atoms with van der Waals surface area (Å²) in [6.45, 7) is 3.22. The molecule has 9 nitrogen and oxygen atoms in total. The van der Waals surface area contributed by atoms with E-state index in [1.165, 1.54) is 18.7 Å². The number of anilines is 1. The molecule has 2 rings (SSSR count). The van der Waals surface area contributed by atoms with Crippen molar-refractivity contribution in [2.24, 2.45) is 14.1 Å². The summed E-state index contributed by atoms with van der Waals surface area (Å²) in [5, 5.41) is 21.7. The van der Waals surface area contributed by atoms with Gasteiger partial charge in [0.15, 0.2) is 0 Å². The average Bonchev–Trinajstić information content (AvgIpc) is 2.78. The van der Waals surface area contributed by atoms with Crippen LogP contribution in [0.1, 0.15) is 21.9 Å². The quantitative estimate of drug-likeness (QED) is 0.663. The van der Waals surface area contributed by atoms with Gasteiger partial charge in [-0.3, -0.25) is 24.3 Å². The van der Waals surface area contributed by atoms with Crippen molar-refractivity contribution < 1.29 is 9.72 Å². The molecular weight excluding hydrogens is 264 g/mol. The van der Waals surface area contributed by atoms with Crippen LogP contribution >= 0.6 is 0 Å². The molecule has 106 valence electrons. The smallest absolute Gasteiger partial charge is 0.317 e. The van der Waals surface area contributed by atoms with Crippen LogP contribution in [0.3, 0.4) is 0 Å². The third-order valence-corrected chi connectivity index (χ3v) is 2.85. The van der Waals surface area contributed by atoms with E-state index in [1.54, 1.807) is 24.9 Å². The molecule has 0 saturated heterocycles. The second kappa shape index (κ2) is 4.76. The van der Waals surface area contributed by atoms with Gasteiger partial charge >= 0.3 is 5.69 Å². The van der Waals surface area contributed by atoms with Gasteiger partial charge in [0.1, 0.15) is 5.69 Å². The van der Waals surface area contributed by atoms with Gasteiger partial charge in [0, 0.05) is 20.3 Å². The molecule has 2 heterocycles. The van der Waals surface area contributed by atoms with Crippen molar-refractivity contribution in [1.29, 1.82) is 0 Å². The van der Waals surface area contributed by atoms with Crippen LogP contribution in [0.4, 0.5) is 11.4 Å². The fraction of sp³-hybridized carbons (Fsp3) is 0.364. The van der Waals surface area contributed by atoms with Crippen molar-refractivity contribution in [3.05, 3.63) is 33.4 Å². The maximum atomic E-state index is 12.2. The Morgan fingerprint density at radius 1 is 1.30 bits per heavy atom. The molecule has 1 N–H and O–H groups in total. The van der Waals surface area contributed by atoms with E-state index in [1.807, 2.05) is 0 Å². The van der Waals surface area contributed by atoms with Crippen molar-refractivity contribution in [2.45, 2.75) is 13.8 Å². The van der Waals surface area contributed by atoms with Gasteiger partial charge in [-0.25, -0.2) is 0 Å². The highest BCUT2D eigenvalue weighted by atomic mass is 16.6. The maximum Gasteiger partial charge on any atom is 0.322 e. The highest BCUT2D eigenvalue weighted by Gasteiger charge is 2.29. The Kier molecular flexibility index (Phi) is 3.26. The van der Waals surface area contributed by atoms with Gasteiger partial charge in [0.25, 0.3) is 5.91 Å². The van der Waals surface area contributed by atoms with Gasteiger partial charge in [-0.1, -0.05) is 0 Å². The highest BCUT2D eigenvalue weighted by Crippen LogP contribution is 2.23. The second-order valence-corrected chi connectivity index (χ2v) is 4.42. The Labute approximate surface area is 114 Å². The van der Waals surface area contributed by atoms with Crippen LogP contribution in [0, 0.1) is 24.0 Å². The maximum absolute atomic E-state index is 12.2. The molecule has 20 heavy (non-hydrogen) atoms. The Morgan fingerprint density at radius 3 is 2.45 bits per heavy atom. The first-order valence-corrected chi connectivity index (χ1v) is 5.81. The third kappa shape index (κ3) is 2.25. The molecule has 2 aromatic rings. The lowest BCUT2D eigenvalue weighted by Crippen LogP contribution is -2.17. The molecule has 0 bridgehead atoms. The number of hydrogen-bond donors (Lipinski definition) is 1. The summed E-state index contributed by atoms with van der Waals surface area (Å²) in [6, 6.07) is 0. The largest absolute Gasteiger partial charge is 0.322 e. The summed E-state index contributed by atoms with van der Waals surface area (Å²) in [5.74, 6) is -0.587. The van der Waals surface area contributed by atoms with E-state index in [-0.39, 0.29) is 17.1 Å². The zero-order valence-corrected chi connectivity index (χ0v) is 11.5. The molecule has 0 unspecified atom stereocenters. The summed E-state index contributed by atoms with van der Waals surface area (Å²) in [6.07, 6.45) is 1.63. The number of aryl methyl sites for hydroxylation is 4. The number of rotatable bonds is 3. The number of carbonyl (C=O) groups is 1. The Bertz CT molecular complexity index is 699. The topological polar surface area (TPSA) is 108 Å². The van der Waals surface area contributed by atoms with E-state index in [4.69, 9.17) is 0 Å². The number of nitrogens with one attached hydrogen (secondary N) is 1. The standard InChI is InChI=1S/C11H14N6O3/c1-6-8(5-15(3)13-6)12-11(18)10-9(17(19)20)7(2)14-16(10)4/h5H,1-4H3,(H,12,18). The van der Waals surface area contributed by atoms with E-state index in [0.717, 1.165) is 0 Å². The predicted molar refractivity (Wildman–Crippen MR) is 70.5 cm³/mol. The number of aromatic nitrogens is 4. The van der Waals surface area contributed by atoms with Gasteiger partial charge < -0.3 is 5.32 Å². The summed E-state index contributed by atoms with van der Waals surface area (Å²) >= 11 is 0. The molecule has 0 fully saturated rings. The average molecular weight is 278 g/mol. The molecule has 0 radical (unpaired) electrons. The van der Waals surface area contributed by atoms with Gasteiger partial charge in [0.05, 0.1) is 16.3 Å². The number of hydrogen-bond acceptors (Lipinski definition) is 5. The number of carbonyl (C=O) groups excluding carboxylic acids is 1. The van der Waals surface area contributed by atoms with Crippen LogP contribution in [-0.2, 0) is 14.1 Å². The van der Waals surface area contributed by atoms with Crippen molar-refractivity contribution in [1.82, 2.24) is 19.6 Å². The van der Waals surface area contributed by atoms with E-state index in [0.29, 0.717) is 11.4 Å². The van der Waals surface area contributed by atoms with Crippen LogP contribution in [0.5, 0.6) is 0 Å². The first-order valence-electron chi connectivity index (χ1n) is 5.81. The number of nitro groups is 1. The lowest BCUT2D eigenvalue weighted by molar-refractivity contribution is -0.385. The second-order valence-electron chi connectivity index (χ2n) is 4.42. The molecule has 0 aliphatic carbocycles. The zero-order valence-electron chi connectivity index (χ0n) is 11.5. The number of amides is 1. The van der Waals surface area contributed by atoms with Crippen LogP contribution in [0.25, 0.3) is 0 Å². The first-order chi connectivity index (χ1) is 9.31. The molecule has 0 aliphatic rings. The Morgan fingerprint density at radius 2 is 1.95 bits per heavy atom. The van der Waals surface area contributed by atoms with Gasteiger partial charge in [-0.2, -0.15) is 10.2 Å². The molecular formula is C11H14N6O3. The first kappa shape index (κ1) is 13.7. The van der Waals surface area contributed by atoms with Crippen LogP contribution in [0.2, 0.25) is 0 Å². The Balaban J connectivity index is 2.39. The molecule has 0 spiro atoms. The molecule has 2 aromatic heterocycles. The lowest BCUT2D eigenvalue weighted by Gasteiger charge is -2.03. The Hall–Kier alpha value is -2.71. The molecule has 0 atom stereocenters. The summed E-state index contributed by atoms with van der Waals surface area (Å²) in [7, 11) is 3.21. The van der Waals surface area contributed by atoms with Gasteiger partial charge in [-0.05, 0) is 13.8 Å². The minimum atomic E-state index is -0.604. The summed E-state index contributed by atoms with van der Waals surface area (Å²) in [5.41, 5.74) is 0.959. The van der Waals surface area contributed by atoms with Crippen LogP contribution < -0.4 is 5.32 Å². The molecule has 0 aromatic carbocycles. The minimum absolute atomic E-state index is 0.0873. The third-order valence-electron chi connectivity index (χ3n) is 2.85. The van der Waals surface area contributed by atoms with Crippen molar-refractivity contribution in [3.63, 3.8) is 0 Å². The van der Waals surface area contributed by atoms with E-state index in [2.05, 4.69) is 15.5 Å². The van der Waals surface area contributed by atoms with Gasteiger partial charge in [-0.15, -0.1) is 0 Å². The van der Waals surface area contributed by atoms with E-state index in [9.17, 15) is 14.9 Å². The summed E-state index contributed by atoms with van der Waals surface area (Å²) < 4.78 is 2.75. The molecule has 0 saturated carbocycles. The monoisotopic (exact) mass is 278 g/mol. The van der Waals surface area contributed by atoms with Crippen molar-refractivity contribution in [3.8, 4) is 0 Å². The van der Waals surface area contributed by atoms with E-state index >= 15 is 0 Å². The lowest BCUT2D eigenvalue weighted by atomic mass is 10.2. The molecule has 9 heteroatoms. The molecule has 0 aliphatic heterocycles. The fourth-order valence-corrected chi connectivity index (χ4v) is 2.02. The van der Waals surface area contributed by atoms with Crippen molar-refractivity contribution >= 4 is 17.3 Å². The number of nitrogens with zero attached hydrogens (tertiary/aromatic N) is 5. The van der Waals surface area contributed by atoms with Gasteiger partial charge in [0.2, 0.25) is 5.69 Å². The van der Waals surface area contributed by atoms with Crippen LogP contribution in [0.15, 0.2) is 6.20 Å². The normalized spacial score (nSPS) is 10.6.